The summed E-state index contributed by atoms with van der Waals surface area (Å²) in [5.41, 5.74) is 2.00. The molecule has 6 rings (SSSR count). The molecular weight excluding hydrogens is 591 g/mol. The summed E-state index contributed by atoms with van der Waals surface area (Å²) in [6, 6.07) is 12.1. The molecule has 2 aromatic rings. The molecule has 1 spiro atoms. The smallest absolute Gasteiger partial charge is 0.772 e. The first-order valence-electron chi connectivity index (χ1n) is 13.7. The molecule has 0 radical (unpaired) electrons. The summed E-state index contributed by atoms with van der Waals surface area (Å²) in [6.07, 6.45) is 5.24. The van der Waals surface area contributed by atoms with E-state index >= 15 is 0 Å². The van der Waals surface area contributed by atoms with Crippen molar-refractivity contribution in [3.05, 3.63) is 53.1 Å². The number of rotatable bonds is 9. The number of anilines is 1. The SMILES string of the molecule is N#Cc1ccc(CCCC(=O)O)c(NC(=O)[C@@H]2C[C@]23CCOc2ccc(S(=O)(=O)C4CC4)cc23)c1.O=S([O-])C1CC1.[Na+]. The van der Waals surface area contributed by atoms with E-state index in [9.17, 15) is 32.0 Å². The molecule has 0 saturated heterocycles. The van der Waals surface area contributed by atoms with Gasteiger partial charge in [0.05, 0.1) is 28.4 Å². The molecule has 3 atom stereocenters. The molecule has 1 heterocycles. The van der Waals surface area contributed by atoms with E-state index in [1.807, 2.05) is 0 Å². The first-order chi connectivity index (χ1) is 19.5. The summed E-state index contributed by atoms with van der Waals surface area (Å²) in [4.78, 5) is 24.5. The molecule has 4 aliphatic rings. The number of hydrogen-bond acceptors (Lipinski definition) is 8. The van der Waals surface area contributed by atoms with E-state index in [0.717, 1.165) is 24.0 Å². The maximum Gasteiger partial charge on any atom is 1.00 e. The summed E-state index contributed by atoms with van der Waals surface area (Å²) in [7, 11) is -3.36. The van der Waals surface area contributed by atoms with Crippen molar-refractivity contribution in [1.82, 2.24) is 0 Å². The molecule has 2 aromatic carbocycles. The number of nitrogens with zero attached hydrogens (tertiary/aromatic N) is 1. The van der Waals surface area contributed by atoms with Crippen molar-refractivity contribution in [3.8, 4) is 11.8 Å². The first-order valence-corrected chi connectivity index (χ1v) is 16.4. The predicted octanol–water partition coefficient (Wildman–Crippen LogP) is 0.612. The van der Waals surface area contributed by atoms with Crippen molar-refractivity contribution in [2.75, 3.05) is 11.9 Å². The predicted molar refractivity (Wildman–Crippen MR) is 149 cm³/mol. The maximum atomic E-state index is 13.3. The van der Waals surface area contributed by atoms with Crippen LogP contribution in [-0.4, -0.2) is 51.3 Å². The van der Waals surface area contributed by atoms with Crippen LogP contribution in [0.15, 0.2) is 41.3 Å². The van der Waals surface area contributed by atoms with Crippen LogP contribution >= 0.6 is 0 Å². The number of nitriles is 1. The first kappa shape index (κ1) is 32.6. The Morgan fingerprint density at radius 1 is 1.17 bits per heavy atom. The van der Waals surface area contributed by atoms with Crippen LogP contribution in [-0.2, 0) is 42.3 Å². The van der Waals surface area contributed by atoms with Crippen LogP contribution in [0.3, 0.4) is 0 Å². The number of carbonyl (C=O) groups excluding carboxylic acids is 1. The van der Waals surface area contributed by atoms with E-state index in [1.165, 1.54) is 0 Å². The number of carboxylic acids is 1. The molecular formula is C29H31N2NaO8S2. The van der Waals surface area contributed by atoms with Gasteiger partial charge in [-0.1, -0.05) is 17.1 Å². The van der Waals surface area contributed by atoms with Crippen molar-refractivity contribution in [2.24, 2.45) is 5.92 Å². The number of aryl methyl sites for hydroxylation is 1. The molecule has 10 nitrogen and oxygen atoms in total. The quantitative estimate of drug-likeness (QED) is 0.300. The van der Waals surface area contributed by atoms with Gasteiger partial charge >= 0.3 is 35.5 Å². The minimum atomic E-state index is -3.36. The van der Waals surface area contributed by atoms with Gasteiger partial charge in [0.15, 0.2) is 9.84 Å². The number of sulfone groups is 1. The third kappa shape index (κ3) is 7.26. The van der Waals surface area contributed by atoms with Crippen LogP contribution in [0.2, 0.25) is 0 Å². The van der Waals surface area contributed by atoms with Crippen molar-refractivity contribution < 1.29 is 66.2 Å². The van der Waals surface area contributed by atoms with Crippen LogP contribution < -0.4 is 39.6 Å². The van der Waals surface area contributed by atoms with Gasteiger partial charge in [-0.3, -0.25) is 13.8 Å². The van der Waals surface area contributed by atoms with E-state index in [0.29, 0.717) is 62.1 Å². The van der Waals surface area contributed by atoms with Gasteiger partial charge in [-0.15, -0.1) is 0 Å². The second-order valence-corrected chi connectivity index (χ2v) is 14.5. The summed E-state index contributed by atoms with van der Waals surface area (Å²) in [5, 5.41) is 20.9. The molecule has 218 valence electrons. The van der Waals surface area contributed by atoms with Crippen LogP contribution in [0, 0.1) is 17.2 Å². The van der Waals surface area contributed by atoms with E-state index in [2.05, 4.69) is 11.4 Å². The molecule has 3 fully saturated rings. The number of fused-ring (bicyclic) bond motifs is 2. The van der Waals surface area contributed by atoms with Gasteiger partial charge in [0.2, 0.25) is 5.91 Å². The van der Waals surface area contributed by atoms with Gasteiger partial charge < -0.3 is 19.7 Å². The Morgan fingerprint density at radius 3 is 2.50 bits per heavy atom. The number of amides is 1. The van der Waals surface area contributed by atoms with E-state index in [4.69, 9.17) is 9.84 Å². The van der Waals surface area contributed by atoms with Crippen molar-refractivity contribution >= 4 is 38.5 Å². The Labute approximate surface area is 269 Å². The van der Waals surface area contributed by atoms with Crippen LogP contribution in [0.1, 0.15) is 68.1 Å². The number of carboxylic acid groups (broad SMARTS) is 1. The van der Waals surface area contributed by atoms with Crippen molar-refractivity contribution in [3.63, 3.8) is 0 Å². The Kier molecular flexibility index (Phi) is 10.2. The maximum absolute atomic E-state index is 13.3. The van der Waals surface area contributed by atoms with Crippen LogP contribution in [0.25, 0.3) is 0 Å². The molecule has 13 heteroatoms. The average Bonchev–Trinajstić information content (AvgIpc) is 3.80. The van der Waals surface area contributed by atoms with Gasteiger partial charge in [0.1, 0.15) is 5.75 Å². The number of nitrogens with one attached hydrogen (secondary N) is 1. The zero-order valence-electron chi connectivity index (χ0n) is 23.3. The molecule has 1 aliphatic heterocycles. The standard InChI is InChI=1S/C26H26N2O6S.C3H6O2S.Na/c27-15-16-4-5-17(2-1-3-24(29)30)22(12-16)28-25(31)21-14-26(21)10-11-34-23-9-8-19(13-20(23)26)35(32,33)18-6-7-18;4-6(5)3-1-2-3;/h4-5,8-9,12-13,18,21H,1-3,6-7,10-11,14H2,(H,28,31)(H,29,30);3H,1-2H2,(H,4,5);/q;;+1/p-1/t21-,26-;;/m0../s1. The summed E-state index contributed by atoms with van der Waals surface area (Å²) >= 11 is -1.76. The molecule has 3 saturated carbocycles. The number of carbonyl (C=O) groups is 2. The Balaban J connectivity index is 0.000000516. The molecule has 0 bridgehead atoms. The van der Waals surface area contributed by atoms with Crippen molar-refractivity contribution in [2.45, 2.75) is 78.6 Å². The molecule has 0 aromatic heterocycles. The largest absolute Gasteiger partial charge is 1.00 e. The van der Waals surface area contributed by atoms with Crippen LogP contribution in [0.4, 0.5) is 5.69 Å². The normalized spacial score (nSPS) is 22.6. The van der Waals surface area contributed by atoms with Gasteiger partial charge in [-0.05, 0) is 87.3 Å². The monoisotopic (exact) mass is 622 g/mol. The Morgan fingerprint density at radius 2 is 1.90 bits per heavy atom. The fourth-order valence-electron chi connectivity index (χ4n) is 5.36. The second-order valence-electron chi connectivity index (χ2n) is 11.1. The number of ether oxygens (including phenoxy) is 1. The fraction of sp³-hybridized carbons (Fsp3) is 0.483. The van der Waals surface area contributed by atoms with Gasteiger partial charge in [0.25, 0.3) is 0 Å². The second kappa shape index (κ2) is 13.2. The Hall–Kier alpha value is -2.27. The minimum absolute atomic E-state index is 0. The van der Waals surface area contributed by atoms with Crippen LogP contribution in [0.5, 0.6) is 5.75 Å². The zero-order valence-corrected chi connectivity index (χ0v) is 27.0. The van der Waals surface area contributed by atoms with E-state index < -0.39 is 32.3 Å². The number of aliphatic carboxylic acids is 1. The van der Waals surface area contributed by atoms with E-state index in [1.54, 1.807) is 36.4 Å². The third-order valence-electron chi connectivity index (χ3n) is 8.11. The number of hydrogen-bond donors (Lipinski definition) is 2. The minimum Gasteiger partial charge on any atom is -0.772 e. The summed E-state index contributed by atoms with van der Waals surface area (Å²) in [6.45, 7) is 0.454. The van der Waals surface area contributed by atoms with E-state index in [-0.39, 0.29) is 63.2 Å². The Bertz CT molecular complexity index is 1550. The van der Waals surface area contributed by atoms with Crippen molar-refractivity contribution in [1.29, 1.82) is 5.26 Å². The summed E-state index contributed by atoms with van der Waals surface area (Å²) in [5.74, 6) is -0.794. The molecule has 1 unspecified atom stereocenters. The van der Waals surface area contributed by atoms with Gasteiger partial charge in [0, 0.05) is 34.3 Å². The zero-order chi connectivity index (χ0) is 29.4. The summed E-state index contributed by atoms with van der Waals surface area (Å²) < 4.78 is 50.9. The molecule has 1 amide bonds. The molecule has 3 aliphatic carbocycles. The van der Waals surface area contributed by atoms with Gasteiger partial charge in [-0.25, -0.2) is 8.42 Å². The number of benzene rings is 2. The average molecular weight is 623 g/mol. The molecule has 42 heavy (non-hydrogen) atoms. The topological polar surface area (TPSA) is 174 Å². The van der Waals surface area contributed by atoms with Gasteiger partial charge in [-0.2, -0.15) is 5.26 Å². The third-order valence-corrected chi connectivity index (χ3v) is 11.4. The molecule has 2 N–H and O–H groups in total. The fourth-order valence-corrected chi connectivity index (χ4v) is 7.57.